The molecule has 220 valence electrons. The largest absolute Gasteiger partial charge is 0.382 e. The first-order chi connectivity index (χ1) is 19.8. The van der Waals surface area contributed by atoms with Crippen molar-refractivity contribution in [3.8, 4) is 0 Å². The van der Waals surface area contributed by atoms with Crippen LogP contribution in [-0.4, -0.2) is 47.4 Å². The number of benzene rings is 3. The van der Waals surface area contributed by atoms with Crippen LogP contribution in [0, 0.1) is 0 Å². The van der Waals surface area contributed by atoms with E-state index in [0.717, 1.165) is 18.2 Å². The Morgan fingerprint density at radius 2 is 1.40 bits per heavy atom. The second-order valence-corrected chi connectivity index (χ2v) is 12.2. The van der Waals surface area contributed by atoms with Gasteiger partial charge in [0.1, 0.15) is 10.6 Å². The second kappa shape index (κ2) is 12.6. The summed E-state index contributed by atoms with van der Waals surface area (Å²) in [5, 5.41) is 28.8. The smallest absolute Gasteiger partial charge is 0.296 e. The molecule has 0 atom stereocenters. The van der Waals surface area contributed by atoms with E-state index in [1.165, 1.54) is 42.1 Å². The van der Waals surface area contributed by atoms with Crippen LogP contribution in [0.5, 0.6) is 0 Å². The summed E-state index contributed by atoms with van der Waals surface area (Å²) in [6, 6.07) is 9.79. The molecule has 4 aromatic rings. The SMILES string of the molecule is CSc1nc(N)c(N=Nc2ccc(N=Nc3cc(SOOO)ccc3S(=O)(=O)O)c3ccc(S(=O)(=O)O)cc23)c(N)n1. The third-order valence-electron chi connectivity index (χ3n) is 5.23. The summed E-state index contributed by atoms with van der Waals surface area (Å²) < 4.78 is 71.0. The molecule has 3 aromatic carbocycles. The number of aromatic nitrogens is 2. The fourth-order valence-electron chi connectivity index (χ4n) is 3.40. The highest BCUT2D eigenvalue weighted by molar-refractivity contribution is 7.98. The summed E-state index contributed by atoms with van der Waals surface area (Å²) >= 11 is 1.72. The van der Waals surface area contributed by atoms with E-state index in [9.17, 15) is 25.9 Å². The normalized spacial score (nSPS) is 12.6. The number of rotatable bonds is 10. The standard InChI is InChI=1S/C21H18N8O9S4/c1-39-21-24-19(22)18(20(23)25-21)29-27-15-6-5-14(12-4-3-11(9-13(12)15)41(31,32)33)26-28-16-8-10(40-38-37-30)2-7-17(16)42(34,35)36/h2-9,30H,1H3,(H,31,32,33)(H,34,35,36)(H4,22,23,24,25). The van der Waals surface area contributed by atoms with E-state index in [1.54, 1.807) is 6.26 Å². The van der Waals surface area contributed by atoms with Crippen molar-refractivity contribution < 1.29 is 40.6 Å². The van der Waals surface area contributed by atoms with Gasteiger partial charge in [-0.25, -0.2) is 15.2 Å². The molecule has 0 unspecified atom stereocenters. The first-order valence-electron chi connectivity index (χ1n) is 10.9. The lowest BCUT2D eigenvalue weighted by Gasteiger charge is -2.08. The van der Waals surface area contributed by atoms with Gasteiger partial charge in [-0.05, 0) is 48.7 Å². The predicted molar refractivity (Wildman–Crippen MR) is 152 cm³/mol. The molecule has 0 bridgehead atoms. The van der Waals surface area contributed by atoms with Crippen LogP contribution >= 0.6 is 23.8 Å². The molecule has 0 aliphatic carbocycles. The summed E-state index contributed by atoms with van der Waals surface area (Å²) in [6.45, 7) is 0. The predicted octanol–water partition coefficient (Wildman–Crippen LogP) is 5.27. The van der Waals surface area contributed by atoms with Crippen molar-refractivity contribution in [2.45, 2.75) is 19.8 Å². The number of nitrogens with zero attached hydrogens (tertiary/aromatic N) is 6. The fraction of sp³-hybridized carbons (Fsp3) is 0.0476. The molecule has 0 saturated heterocycles. The van der Waals surface area contributed by atoms with Crippen molar-refractivity contribution in [2.24, 2.45) is 20.5 Å². The lowest BCUT2D eigenvalue weighted by atomic mass is 10.1. The van der Waals surface area contributed by atoms with Gasteiger partial charge in [0.25, 0.3) is 20.2 Å². The molecule has 0 saturated carbocycles. The molecule has 17 nitrogen and oxygen atoms in total. The molecule has 0 aliphatic heterocycles. The second-order valence-electron chi connectivity index (χ2n) is 7.85. The first kappa shape index (κ1) is 31.1. The summed E-state index contributed by atoms with van der Waals surface area (Å²) in [5.41, 5.74) is 11.7. The van der Waals surface area contributed by atoms with E-state index in [2.05, 4.69) is 39.8 Å². The summed E-state index contributed by atoms with van der Waals surface area (Å²) in [6.07, 6.45) is 1.73. The van der Waals surface area contributed by atoms with Crippen molar-refractivity contribution in [3.05, 3.63) is 48.5 Å². The Hall–Kier alpha value is -3.80. The number of fused-ring (bicyclic) bond motifs is 1. The van der Waals surface area contributed by atoms with E-state index in [0.29, 0.717) is 17.2 Å². The van der Waals surface area contributed by atoms with E-state index in [1.807, 2.05) is 0 Å². The highest BCUT2D eigenvalue weighted by Gasteiger charge is 2.18. The van der Waals surface area contributed by atoms with Crippen molar-refractivity contribution in [1.29, 1.82) is 0 Å². The van der Waals surface area contributed by atoms with Gasteiger partial charge in [-0.2, -0.15) is 16.8 Å². The minimum absolute atomic E-state index is 0.0262. The molecule has 7 N–H and O–H groups in total. The third kappa shape index (κ3) is 7.15. The number of hydrogen-bond acceptors (Lipinski definition) is 17. The van der Waals surface area contributed by atoms with Gasteiger partial charge in [-0.1, -0.05) is 22.9 Å². The Bertz CT molecular complexity index is 1930. The van der Waals surface area contributed by atoms with Crippen molar-refractivity contribution >= 4 is 89.2 Å². The molecule has 42 heavy (non-hydrogen) atoms. The van der Waals surface area contributed by atoms with Gasteiger partial charge in [-0.3, -0.25) is 9.11 Å². The lowest BCUT2D eigenvalue weighted by molar-refractivity contribution is -0.432. The highest BCUT2D eigenvalue weighted by atomic mass is 32.2. The monoisotopic (exact) mass is 654 g/mol. The number of thioether (sulfide) groups is 1. The molecule has 0 radical (unpaired) electrons. The van der Waals surface area contributed by atoms with Crippen LogP contribution in [0.2, 0.25) is 0 Å². The fourth-order valence-corrected chi connectivity index (χ4v) is 5.29. The minimum Gasteiger partial charge on any atom is -0.382 e. The van der Waals surface area contributed by atoms with Crippen molar-refractivity contribution in [1.82, 2.24) is 9.97 Å². The zero-order valence-corrected chi connectivity index (χ0v) is 24.1. The zero-order chi connectivity index (χ0) is 30.7. The van der Waals surface area contributed by atoms with Crippen molar-refractivity contribution in [3.63, 3.8) is 0 Å². The minimum atomic E-state index is -4.73. The highest BCUT2D eigenvalue weighted by Crippen LogP contribution is 2.39. The molecule has 1 aromatic heterocycles. The average Bonchev–Trinajstić information content (AvgIpc) is 2.93. The molecule has 0 aliphatic rings. The van der Waals surface area contributed by atoms with Crippen LogP contribution in [-0.2, 0) is 29.6 Å². The number of anilines is 2. The van der Waals surface area contributed by atoms with Crippen LogP contribution in [0.15, 0.2) is 88.8 Å². The maximum atomic E-state index is 11.9. The number of hydrogen-bond donors (Lipinski definition) is 5. The Kier molecular flexibility index (Phi) is 9.34. The molecule has 21 heteroatoms. The van der Waals surface area contributed by atoms with Crippen molar-refractivity contribution in [2.75, 3.05) is 17.7 Å². The van der Waals surface area contributed by atoms with Gasteiger partial charge < -0.3 is 11.5 Å². The molecule has 0 fully saturated rings. The quantitative estimate of drug-likeness (QED) is 0.0277. The lowest BCUT2D eigenvalue weighted by Crippen LogP contribution is -2.00. The van der Waals surface area contributed by atoms with E-state index in [4.69, 9.17) is 16.7 Å². The molecule has 0 spiro atoms. The third-order valence-corrected chi connectivity index (χ3v) is 8.11. The summed E-state index contributed by atoms with van der Waals surface area (Å²) in [7, 11) is -9.36. The molecule has 0 amide bonds. The van der Waals surface area contributed by atoms with E-state index < -0.39 is 30.0 Å². The van der Waals surface area contributed by atoms with Gasteiger partial charge in [0, 0.05) is 15.7 Å². The molecule has 1 heterocycles. The Morgan fingerprint density at radius 1 is 0.786 bits per heavy atom. The number of nitrogens with two attached hydrogens (primary N) is 2. The van der Waals surface area contributed by atoms with Gasteiger partial charge in [-0.15, -0.1) is 24.8 Å². The number of nitrogen functional groups attached to an aromatic ring is 2. The topological polar surface area (TPSA) is 275 Å². The average molecular weight is 655 g/mol. The van der Waals surface area contributed by atoms with Gasteiger partial charge in [0.05, 0.1) is 28.3 Å². The maximum absolute atomic E-state index is 11.9. The van der Waals surface area contributed by atoms with Crippen LogP contribution < -0.4 is 11.5 Å². The molecular weight excluding hydrogens is 637 g/mol. The van der Waals surface area contributed by atoms with E-state index in [-0.39, 0.29) is 50.1 Å². The summed E-state index contributed by atoms with van der Waals surface area (Å²) in [5.74, 6) is -0.0927. The van der Waals surface area contributed by atoms with Gasteiger partial charge >= 0.3 is 0 Å². The van der Waals surface area contributed by atoms with E-state index >= 15 is 0 Å². The molecule has 4 rings (SSSR count). The van der Waals surface area contributed by atoms with Crippen LogP contribution in [0.3, 0.4) is 0 Å². The van der Waals surface area contributed by atoms with Crippen LogP contribution in [0.25, 0.3) is 10.8 Å². The van der Waals surface area contributed by atoms with Gasteiger partial charge in [0.2, 0.25) is 0 Å². The first-order valence-corrected chi connectivity index (χ1v) is 15.8. The van der Waals surface area contributed by atoms with Gasteiger partial charge in [0.15, 0.2) is 22.5 Å². The Morgan fingerprint density at radius 3 is 2.00 bits per heavy atom. The summed E-state index contributed by atoms with van der Waals surface area (Å²) in [4.78, 5) is 7.28. The maximum Gasteiger partial charge on any atom is 0.296 e. The Labute approximate surface area is 245 Å². The van der Waals surface area contributed by atoms with Crippen LogP contribution in [0.1, 0.15) is 0 Å². The van der Waals surface area contributed by atoms with Crippen LogP contribution in [0.4, 0.5) is 34.4 Å². The molecular formula is C21H18N8O9S4. The Balaban J connectivity index is 1.85. The number of azo groups is 2. The zero-order valence-electron chi connectivity index (χ0n) is 20.9.